The van der Waals surface area contributed by atoms with E-state index in [4.69, 9.17) is 17.0 Å². The molecule has 6 heteroatoms. The third-order valence-corrected chi connectivity index (χ3v) is 19.4. The van der Waals surface area contributed by atoms with Gasteiger partial charge in [-0.1, -0.05) is 225 Å². The summed E-state index contributed by atoms with van der Waals surface area (Å²) in [4.78, 5) is 0. The van der Waals surface area contributed by atoms with Crippen molar-refractivity contribution in [2.75, 3.05) is 0 Å². The van der Waals surface area contributed by atoms with Gasteiger partial charge < -0.3 is 0 Å². The molecule has 354 valence electrons. The van der Waals surface area contributed by atoms with Gasteiger partial charge in [0.25, 0.3) is 0 Å². The van der Waals surface area contributed by atoms with Gasteiger partial charge in [-0.3, -0.25) is 0 Å². The number of fused-ring (bicyclic) bond motifs is 2. The molecule has 0 nitrogen and oxygen atoms in total. The van der Waals surface area contributed by atoms with Crippen LogP contribution in [0.2, 0.25) is 52.4 Å². The van der Waals surface area contributed by atoms with E-state index < -0.39 is 37.0 Å². The molecule has 0 unspecified atom stereocenters. The number of benzene rings is 4. The molecule has 0 atom stereocenters. The van der Waals surface area contributed by atoms with Crippen LogP contribution in [-0.4, -0.2) is 25.7 Å². The Bertz CT molecular complexity index is 2140. The van der Waals surface area contributed by atoms with E-state index in [9.17, 15) is 0 Å². The van der Waals surface area contributed by atoms with Crippen LogP contribution in [0.25, 0.3) is 43.8 Å². The molecule has 0 heterocycles. The summed E-state index contributed by atoms with van der Waals surface area (Å²) < 4.78 is 0. The summed E-state index contributed by atoms with van der Waals surface area (Å²) in [6.07, 6.45) is 25.1. The molecule has 6 aromatic carbocycles. The van der Waals surface area contributed by atoms with E-state index in [1.165, 1.54) is 170 Å². The molecule has 0 N–H and O–H groups in total. The van der Waals surface area contributed by atoms with Gasteiger partial charge in [-0.15, -0.1) is 69.1 Å². The Balaban J connectivity index is 0.000000221. The quantitative estimate of drug-likeness (QED) is 0.0947. The molecule has 2 radical (unpaired) electrons. The molecule has 0 aliphatic heterocycles. The number of hydrogen-bond acceptors (Lipinski definition) is 0. The van der Waals surface area contributed by atoms with E-state index in [0.29, 0.717) is 10.8 Å². The molecule has 0 saturated heterocycles. The molecule has 2 aliphatic carbocycles. The molecule has 0 spiro atoms. The van der Waals surface area contributed by atoms with Gasteiger partial charge in [0.05, 0.1) is 16.1 Å². The van der Waals surface area contributed by atoms with Crippen LogP contribution in [0.15, 0.2) is 109 Å². The van der Waals surface area contributed by atoms with Crippen molar-refractivity contribution >= 4 is 74.6 Å². The van der Waals surface area contributed by atoms with Crippen molar-refractivity contribution in [1.29, 1.82) is 0 Å². The van der Waals surface area contributed by atoms with Crippen molar-refractivity contribution in [1.82, 2.24) is 0 Å². The van der Waals surface area contributed by atoms with Gasteiger partial charge >= 0.3 is 37.9 Å². The monoisotopic (exact) mass is 1050 g/mol. The van der Waals surface area contributed by atoms with Crippen LogP contribution in [0.3, 0.4) is 0 Å². The Morgan fingerprint density at radius 1 is 0.500 bits per heavy atom. The van der Waals surface area contributed by atoms with Gasteiger partial charge in [0.1, 0.15) is 0 Å². The average molecular weight is 1050 g/mol. The third-order valence-electron chi connectivity index (χ3n) is 15.2. The van der Waals surface area contributed by atoms with E-state index >= 15 is 0 Å². The van der Waals surface area contributed by atoms with Crippen LogP contribution in [-0.2, 0) is 33.7 Å². The normalized spacial score (nSPS) is 16.4. The van der Waals surface area contributed by atoms with Crippen LogP contribution in [0.1, 0.15) is 128 Å². The fourth-order valence-electron chi connectivity index (χ4n) is 11.1. The van der Waals surface area contributed by atoms with Gasteiger partial charge in [0.15, 0.2) is 0 Å². The summed E-state index contributed by atoms with van der Waals surface area (Å²) in [5.41, 5.74) is 9.64. The summed E-state index contributed by atoms with van der Waals surface area (Å²) in [7, 11) is 8.45. The summed E-state index contributed by atoms with van der Waals surface area (Å²) >= 11 is -0.826. The zero-order valence-electron chi connectivity index (χ0n) is 42.9. The van der Waals surface area contributed by atoms with Gasteiger partial charge in [0, 0.05) is 9.52 Å². The first-order chi connectivity index (χ1) is 31.6. The first kappa shape index (κ1) is 55.1. The van der Waals surface area contributed by atoms with E-state index in [-0.39, 0.29) is 0 Å². The molecule has 0 bridgehead atoms. The van der Waals surface area contributed by atoms with Crippen LogP contribution in [0, 0.1) is 10.8 Å². The summed E-state index contributed by atoms with van der Waals surface area (Å²) in [5.74, 6) is 0. The summed E-state index contributed by atoms with van der Waals surface area (Å²) in [6, 6.07) is 42.5. The van der Waals surface area contributed by atoms with Crippen LogP contribution in [0.4, 0.5) is 0 Å². The molecule has 2 saturated carbocycles. The first-order valence-corrected chi connectivity index (χ1v) is 41.1. The first-order valence-electron chi connectivity index (χ1n) is 25.8. The van der Waals surface area contributed by atoms with Gasteiger partial charge in [-0.05, 0) is 60.5 Å². The van der Waals surface area contributed by atoms with Crippen LogP contribution < -0.4 is 10.4 Å². The third kappa shape index (κ3) is 15.6. The molecule has 6 aromatic rings. The predicted octanol–water partition coefficient (Wildman–Crippen LogP) is 19.1. The Morgan fingerprint density at radius 3 is 1.09 bits per heavy atom. The van der Waals surface area contributed by atoms with E-state index in [1.807, 2.05) is 0 Å². The second-order valence-electron chi connectivity index (χ2n) is 22.2. The van der Waals surface area contributed by atoms with Crippen molar-refractivity contribution in [3.63, 3.8) is 0 Å². The molecule has 2 fully saturated rings. The number of rotatable bonds is 10. The van der Waals surface area contributed by atoms with Crippen molar-refractivity contribution in [3.8, 4) is 22.3 Å². The van der Waals surface area contributed by atoms with E-state index in [1.54, 1.807) is 11.1 Å². The molecule has 0 aromatic heterocycles. The maximum atomic E-state index is 4.93. The predicted molar refractivity (Wildman–Crippen MR) is 303 cm³/mol. The molecule has 2 aliphatic rings. The Kier molecular flexibility index (Phi) is 22.1. The minimum atomic E-state index is -1.25. The van der Waals surface area contributed by atoms with Crippen molar-refractivity contribution in [3.05, 3.63) is 120 Å². The summed E-state index contributed by atoms with van der Waals surface area (Å²) in [5, 5.41) is 8.77. The van der Waals surface area contributed by atoms with Gasteiger partial charge in [-0.2, -0.15) is 12.1 Å². The second-order valence-corrected chi connectivity index (χ2v) is 37.1. The molecule has 66 heavy (non-hydrogen) atoms. The van der Waals surface area contributed by atoms with Crippen molar-refractivity contribution in [2.24, 2.45) is 10.8 Å². The Hall–Kier alpha value is -1.79. The zero-order valence-corrected chi connectivity index (χ0v) is 49.8. The van der Waals surface area contributed by atoms with Crippen molar-refractivity contribution in [2.45, 2.75) is 182 Å². The standard InChI is InChI=1S/2C29H39Si.C2H6Si.2ClH.Zr/c2*1-5-29(18-9-7-6-8-10-19-29)22-23-20-25-12-11-13-27(28(25)21-23)24-14-16-26(17-15-24)30(2,3)4;1-3-2;;;/h2*11-17,20-21H,5-10,18-19,22H2,1-4H3;1-2H3;2*1H;/q2*-1;;;;+4/p-2. The zero-order chi connectivity index (χ0) is 47.8. The second kappa shape index (κ2) is 26.4. The Labute approximate surface area is 427 Å². The van der Waals surface area contributed by atoms with E-state index in [2.05, 4.69) is 175 Å². The molecular weight excluding hydrogens is 967 g/mol. The molecule has 8 rings (SSSR count). The number of halogens is 2. The topological polar surface area (TPSA) is 0 Å². The Morgan fingerprint density at radius 2 is 0.803 bits per heavy atom. The SMILES string of the molecule is CCC1(Cc2cc3c(-c4ccc([Si](C)(C)C)cc4)cccc3[cH-]2)CCCCCCC1.CCC1(Cc2cc3c(-c4ccc([Si](C)(C)C)cc4)cccc3[cH-]2)CCCCCCC1.C[Si]C.[Cl][Zr+2][Cl]. The van der Waals surface area contributed by atoms with Gasteiger partial charge in [0.2, 0.25) is 0 Å². The molecular formula is C60H84Cl2Si3Zr. The summed E-state index contributed by atoms with van der Waals surface area (Å²) in [6.45, 7) is 23.7. The molecule has 0 amide bonds. The minimum absolute atomic E-state index is 0.518. The average Bonchev–Trinajstić information content (AvgIpc) is 3.89. The van der Waals surface area contributed by atoms with Crippen LogP contribution >= 0.6 is 17.0 Å². The fourth-order valence-corrected chi connectivity index (χ4v) is 13.4. The van der Waals surface area contributed by atoms with Crippen LogP contribution in [0.5, 0.6) is 0 Å². The van der Waals surface area contributed by atoms with Crippen molar-refractivity contribution < 1.29 is 20.8 Å². The van der Waals surface area contributed by atoms with Gasteiger partial charge in [-0.25, -0.2) is 0 Å². The number of hydrogen-bond donors (Lipinski definition) is 0. The maximum absolute atomic E-state index is 4.93. The fraction of sp³-hybridized carbons (Fsp3) is 0.500. The van der Waals surface area contributed by atoms with E-state index in [0.717, 1.165) is 9.52 Å².